The van der Waals surface area contributed by atoms with E-state index >= 15 is 0 Å². The highest BCUT2D eigenvalue weighted by molar-refractivity contribution is 9.10. The normalized spacial score (nSPS) is 22.1. The number of fused-ring (bicyclic) bond motifs is 1. The Morgan fingerprint density at radius 2 is 2.35 bits per heavy atom. The van der Waals surface area contributed by atoms with Gasteiger partial charge in [-0.1, -0.05) is 12.1 Å². The number of pyridine rings is 1. The Bertz CT molecular complexity index is 659. The number of carbonyl (C=O) groups excluding carboxylic acids is 1. The standard InChI is InChI=1S/C15H15BrN2O2/c1-9-5-11(8-20-9)15(19)18-13-4-2-3-10-6-12(16)7-17-14(10)13/h2-4,6-7,9,11H,5,8H2,1H3,(H,18,19). The van der Waals surface area contributed by atoms with Crippen LogP contribution in [0.4, 0.5) is 5.69 Å². The summed E-state index contributed by atoms with van der Waals surface area (Å²) in [7, 11) is 0. The van der Waals surface area contributed by atoms with Gasteiger partial charge in [-0.05, 0) is 41.4 Å². The fourth-order valence-corrected chi connectivity index (χ4v) is 2.82. The molecule has 5 heteroatoms. The number of hydrogen-bond acceptors (Lipinski definition) is 3. The molecule has 0 bridgehead atoms. The summed E-state index contributed by atoms with van der Waals surface area (Å²) in [5.74, 6) is -0.0673. The van der Waals surface area contributed by atoms with E-state index in [9.17, 15) is 4.79 Å². The molecule has 1 fully saturated rings. The maximum absolute atomic E-state index is 12.2. The van der Waals surface area contributed by atoms with Crippen molar-refractivity contribution in [3.63, 3.8) is 0 Å². The zero-order valence-corrected chi connectivity index (χ0v) is 12.7. The number of hydrogen-bond donors (Lipinski definition) is 1. The van der Waals surface area contributed by atoms with Gasteiger partial charge in [0.05, 0.1) is 29.8 Å². The summed E-state index contributed by atoms with van der Waals surface area (Å²) >= 11 is 3.40. The fourth-order valence-electron chi connectivity index (χ4n) is 2.47. The molecule has 2 aromatic rings. The molecule has 1 aliphatic heterocycles. The van der Waals surface area contributed by atoms with E-state index in [0.29, 0.717) is 6.61 Å². The van der Waals surface area contributed by atoms with Gasteiger partial charge < -0.3 is 10.1 Å². The highest BCUT2D eigenvalue weighted by Crippen LogP contribution is 2.26. The molecular weight excluding hydrogens is 320 g/mol. The second-order valence-electron chi connectivity index (χ2n) is 5.10. The lowest BCUT2D eigenvalue weighted by atomic mass is 10.1. The molecular formula is C15H15BrN2O2. The van der Waals surface area contributed by atoms with E-state index in [0.717, 1.165) is 27.5 Å². The van der Waals surface area contributed by atoms with Crippen LogP contribution in [0.25, 0.3) is 10.9 Å². The van der Waals surface area contributed by atoms with Crippen LogP contribution in [0, 0.1) is 5.92 Å². The number of nitrogens with zero attached hydrogens (tertiary/aromatic N) is 1. The van der Waals surface area contributed by atoms with E-state index in [4.69, 9.17) is 4.74 Å². The van der Waals surface area contributed by atoms with Crippen molar-refractivity contribution in [3.05, 3.63) is 34.9 Å². The highest BCUT2D eigenvalue weighted by Gasteiger charge is 2.28. The van der Waals surface area contributed by atoms with Crippen LogP contribution in [0.2, 0.25) is 0 Å². The van der Waals surface area contributed by atoms with E-state index in [1.54, 1.807) is 6.20 Å². The third-order valence-corrected chi connectivity index (χ3v) is 3.94. The summed E-state index contributed by atoms with van der Waals surface area (Å²) in [5.41, 5.74) is 1.55. The van der Waals surface area contributed by atoms with Crippen LogP contribution in [0.15, 0.2) is 34.9 Å². The minimum Gasteiger partial charge on any atom is -0.378 e. The maximum atomic E-state index is 12.2. The monoisotopic (exact) mass is 334 g/mol. The Labute approximate surface area is 125 Å². The third kappa shape index (κ3) is 2.69. The first-order chi connectivity index (χ1) is 9.63. The van der Waals surface area contributed by atoms with Crippen molar-refractivity contribution in [2.45, 2.75) is 19.4 Å². The number of nitrogens with one attached hydrogen (secondary N) is 1. The van der Waals surface area contributed by atoms with Crippen LogP contribution in [-0.2, 0) is 9.53 Å². The number of anilines is 1. The summed E-state index contributed by atoms with van der Waals surface area (Å²) in [6.45, 7) is 2.49. The lowest BCUT2D eigenvalue weighted by Gasteiger charge is -2.11. The number of halogens is 1. The summed E-state index contributed by atoms with van der Waals surface area (Å²) in [4.78, 5) is 16.6. The molecule has 3 rings (SSSR count). The summed E-state index contributed by atoms with van der Waals surface area (Å²) in [5, 5.41) is 3.96. The van der Waals surface area contributed by atoms with Crippen molar-refractivity contribution < 1.29 is 9.53 Å². The Morgan fingerprint density at radius 3 is 3.10 bits per heavy atom. The first-order valence-electron chi connectivity index (χ1n) is 6.60. The van der Waals surface area contributed by atoms with E-state index in [1.807, 2.05) is 31.2 Å². The summed E-state index contributed by atoms with van der Waals surface area (Å²) < 4.78 is 6.37. The first kappa shape index (κ1) is 13.5. The average molecular weight is 335 g/mol. The molecule has 1 amide bonds. The molecule has 0 saturated carbocycles. The number of amides is 1. The number of carbonyl (C=O) groups is 1. The van der Waals surface area contributed by atoms with Crippen LogP contribution in [0.5, 0.6) is 0 Å². The zero-order valence-electron chi connectivity index (χ0n) is 11.1. The smallest absolute Gasteiger partial charge is 0.229 e. The third-order valence-electron chi connectivity index (χ3n) is 3.50. The molecule has 1 N–H and O–H groups in total. The number of aromatic nitrogens is 1. The number of ether oxygens (including phenoxy) is 1. The fraction of sp³-hybridized carbons (Fsp3) is 0.333. The number of para-hydroxylation sites is 1. The Kier molecular flexibility index (Phi) is 3.72. The van der Waals surface area contributed by atoms with Crippen molar-refractivity contribution in [1.82, 2.24) is 4.98 Å². The van der Waals surface area contributed by atoms with Crippen molar-refractivity contribution in [2.75, 3.05) is 11.9 Å². The first-order valence-corrected chi connectivity index (χ1v) is 7.39. The van der Waals surface area contributed by atoms with Gasteiger partial charge in [0, 0.05) is 16.1 Å². The van der Waals surface area contributed by atoms with Crippen molar-refractivity contribution in [1.29, 1.82) is 0 Å². The van der Waals surface area contributed by atoms with Crippen LogP contribution in [0.3, 0.4) is 0 Å². The maximum Gasteiger partial charge on any atom is 0.229 e. The summed E-state index contributed by atoms with van der Waals surface area (Å²) in [6, 6.07) is 7.75. The quantitative estimate of drug-likeness (QED) is 0.916. The zero-order chi connectivity index (χ0) is 14.1. The molecule has 0 spiro atoms. The van der Waals surface area contributed by atoms with Gasteiger partial charge in [-0.15, -0.1) is 0 Å². The van der Waals surface area contributed by atoms with Crippen LogP contribution >= 0.6 is 15.9 Å². The Morgan fingerprint density at radius 1 is 1.50 bits per heavy atom. The molecule has 2 atom stereocenters. The molecule has 0 radical (unpaired) electrons. The van der Waals surface area contributed by atoms with Gasteiger partial charge in [0.2, 0.25) is 5.91 Å². The number of benzene rings is 1. The Hall–Kier alpha value is -1.46. The predicted molar refractivity (Wildman–Crippen MR) is 81.6 cm³/mol. The van der Waals surface area contributed by atoms with Crippen molar-refractivity contribution in [3.8, 4) is 0 Å². The van der Waals surface area contributed by atoms with E-state index in [-0.39, 0.29) is 17.9 Å². The molecule has 20 heavy (non-hydrogen) atoms. The van der Waals surface area contributed by atoms with Crippen LogP contribution in [-0.4, -0.2) is 23.6 Å². The summed E-state index contributed by atoms with van der Waals surface area (Å²) in [6.07, 6.45) is 2.67. The lowest BCUT2D eigenvalue weighted by molar-refractivity contribution is -0.119. The molecule has 1 aromatic carbocycles. The highest BCUT2D eigenvalue weighted by atomic mass is 79.9. The SMILES string of the molecule is CC1CC(C(=O)Nc2cccc3cc(Br)cnc23)CO1. The largest absolute Gasteiger partial charge is 0.378 e. The molecule has 104 valence electrons. The second kappa shape index (κ2) is 5.50. The van der Waals surface area contributed by atoms with Gasteiger partial charge in [0.25, 0.3) is 0 Å². The molecule has 1 saturated heterocycles. The molecule has 2 unspecified atom stereocenters. The number of rotatable bonds is 2. The average Bonchev–Trinajstić information content (AvgIpc) is 2.85. The molecule has 2 heterocycles. The molecule has 1 aliphatic rings. The minimum absolute atomic E-state index is 0.00608. The van der Waals surface area contributed by atoms with Gasteiger partial charge in [-0.2, -0.15) is 0 Å². The van der Waals surface area contributed by atoms with E-state index in [2.05, 4.69) is 26.2 Å². The van der Waals surface area contributed by atoms with Crippen molar-refractivity contribution in [2.24, 2.45) is 5.92 Å². The second-order valence-corrected chi connectivity index (χ2v) is 6.01. The Balaban J connectivity index is 1.85. The lowest BCUT2D eigenvalue weighted by Crippen LogP contribution is -2.23. The van der Waals surface area contributed by atoms with Gasteiger partial charge >= 0.3 is 0 Å². The van der Waals surface area contributed by atoms with Gasteiger partial charge in [0.15, 0.2) is 0 Å². The van der Waals surface area contributed by atoms with E-state index < -0.39 is 0 Å². The van der Waals surface area contributed by atoms with E-state index in [1.165, 1.54) is 0 Å². The predicted octanol–water partition coefficient (Wildman–Crippen LogP) is 3.36. The van der Waals surface area contributed by atoms with Gasteiger partial charge in [-0.25, -0.2) is 0 Å². The molecule has 4 nitrogen and oxygen atoms in total. The van der Waals surface area contributed by atoms with Gasteiger partial charge in [0.1, 0.15) is 0 Å². The molecule has 0 aliphatic carbocycles. The van der Waals surface area contributed by atoms with Crippen molar-refractivity contribution >= 4 is 38.4 Å². The van der Waals surface area contributed by atoms with Gasteiger partial charge in [-0.3, -0.25) is 9.78 Å². The van der Waals surface area contributed by atoms with Crippen LogP contribution in [0.1, 0.15) is 13.3 Å². The minimum atomic E-state index is -0.0734. The topological polar surface area (TPSA) is 51.2 Å². The van der Waals surface area contributed by atoms with Crippen LogP contribution < -0.4 is 5.32 Å². The molecule has 1 aromatic heterocycles.